The number of hydrogen-bond acceptors (Lipinski definition) is 2. The third-order valence-corrected chi connectivity index (χ3v) is 3.86. The lowest BCUT2D eigenvalue weighted by molar-refractivity contribution is 0.429. The zero-order valence-corrected chi connectivity index (χ0v) is 14.6. The first kappa shape index (κ1) is 16.1. The van der Waals surface area contributed by atoms with Gasteiger partial charge in [0.25, 0.3) is 0 Å². The summed E-state index contributed by atoms with van der Waals surface area (Å²) in [4.78, 5) is 0. The lowest BCUT2D eigenvalue weighted by Gasteiger charge is -2.21. The molecule has 0 bridgehead atoms. The van der Waals surface area contributed by atoms with Gasteiger partial charge >= 0.3 is 0 Å². The summed E-state index contributed by atoms with van der Waals surface area (Å²) in [6.45, 7) is 16.5. The van der Waals surface area contributed by atoms with Gasteiger partial charge in [-0.1, -0.05) is 26.8 Å². The van der Waals surface area contributed by atoms with Gasteiger partial charge in [0.2, 0.25) is 0 Å². The number of nitrogens with one attached hydrogen (secondary N) is 1. The molecule has 0 fully saturated rings. The largest absolute Gasteiger partial charge is 0.464 e. The van der Waals surface area contributed by atoms with Crippen LogP contribution < -0.4 is 5.32 Å². The maximum atomic E-state index is 5.80. The van der Waals surface area contributed by atoms with Crippen molar-refractivity contribution < 1.29 is 4.42 Å². The fourth-order valence-electron chi connectivity index (χ4n) is 2.56. The van der Waals surface area contributed by atoms with Gasteiger partial charge in [-0.25, -0.2) is 0 Å². The van der Waals surface area contributed by atoms with Gasteiger partial charge in [0, 0.05) is 10.9 Å². The summed E-state index contributed by atoms with van der Waals surface area (Å²) in [5.41, 5.74) is 5.26. The molecule has 1 N–H and O–H groups in total. The first-order valence-electron chi connectivity index (χ1n) is 7.84. The maximum Gasteiger partial charge on any atom is 0.137 e. The van der Waals surface area contributed by atoms with Gasteiger partial charge in [0.1, 0.15) is 5.58 Å². The average Bonchev–Trinajstić information content (AvgIpc) is 2.70. The van der Waals surface area contributed by atoms with Crippen LogP contribution in [0.3, 0.4) is 0 Å². The Balaban J connectivity index is 2.31. The van der Waals surface area contributed by atoms with E-state index in [1.807, 2.05) is 6.26 Å². The Kier molecular flexibility index (Phi) is 4.21. The van der Waals surface area contributed by atoms with Crippen molar-refractivity contribution >= 4 is 11.0 Å². The fourth-order valence-corrected chi connectivity index (χ4v) is 2.56. The molecule has 1 aromatic carbocycles. The van der Waals surface area contributed by atoms with Crippen LogP contribution in [0.15, 0.2) is 22.8 Å². The fraction of sp³-hybridized carbons (Fsp3) is 0.579. The summed E-state index contributed by atoms with van der Waals surface area (Å²) in [6.07, 6.45) is 2.92. The number of hydrogen-bond donors (Lipinski definition) is 1. The molecule has 0 radical (unpaired) electrons. The van der Waals surface area contributed by atoms with Crippen LogP contribution in [0.1, 0.15) is 58.2 Å². The van der Waals surface area contributed by atoms with Crippen molar-refractivity contribution in [3.63, 3.8) is 0 Å². The summed E-state index contributed by atoms with van der Waals surface area (Å²) in [5.74, 6) is 0. The summed E-state index contributed by atoms with van der Waals surface area (Å²) < 4.78 is 5.80. The predicted octanol–water partition coefficient (Wildman–Crippen LogP) is 4.97. The van der Waals surface area contributed by atoms with Crippen molar-refractivity contribution in [1.82, 2.24) is 5.32 Å². The highest BCUT2D eigenvalue weighted by atomic mass is 16.3. The van der Waals surface area contributed by atoms with E-state index in [-0.39, 0.29) is 11.0 Å². The Morgan fingerprint density at radius 2 is 1.71 bits per heavy atom. The summed E-state index contributed by atoms with van der Waals surface area (Å²) in [7, 11) is 0. The lowest BCUT2D eigenvalue weighted by atomic mass is 9.85. The molecule has 0 amide bonds. The van der Waals surface area contributed by atoms with Crippen LogP contribution in [0.4, 0.5) is 0 Å². The molecule has 2 heteroatoms. The summed E-state index contributed by atoms with van der Waals surface area (Å²) in [5, 5.41) is 4.82. The molecule has 1 heterocycles. The van der Waals surface area contributed by atoms with Gasteiger partial charge < -0.3 is 9.73 Å². The molecule has 0 spiro atoms. The van der Waals surface area contributed by atoms with Crippen LogP contribution in [-0.4, -0.2) is 12.1 Å². The second kappa shape index (κ2) is 5.49. The Labute approximate surface area is 128 Å². The summed E-state index contributed by atoms with van der Waals surface area (Å²) >= 11 is 0. The molecule has 1 aromatic heterocycles. The number of rotatable bonds is 3. The smallest absolute Gasteiger partial charge is 0.137 e. The molecule has 116 valence electrons. The molecule has 0 aliphatic heterocycles. The van der Waals surface area contributed by atoms with E-state index in [4.69, 9.17) is 4.42 Å². The SMILES string of the molecule is Cc1cc(C(C)(C)C)cc2c(CCNC(C)(C)C)coc12. The van der Waals surface area contributed by atoms with E-state index < -0.39 is 0 Å². The standard InChI is InChI=1S/C19H29NO/c1-13-10-15(18(2,3)4)11-16-14(12-21-17(13)16)8-9-20-19(5,6)7/h10-12,20H,8-9H2,1-7H3. The van der Waals surface area contributed by atoms with E-state index in [0.29, 0.717) is 0 Å². The van der Waals surface area contributed by atoms with Crippen molar-refractivity contribution in [3.05, 3.63) is 35.1 Å². The molecule has 0 saturated heterocycles. The molecular formula is C19H29NO. The molecule has 0 aliphatic carbocycles. The minimum absolute atomic E-state index is 0.159. The highest BCUT2D eigenvalue weighted by Gasteiger charge is 2.18. The monoisotopic (exact) mass is 287 g/mol. The van der Waals surface area contributed by atoms with E-state index in [2.05, 4.69) is 65.9 Å². The maximum absolute atomic E-state index is 5.80. The Hall–Kier alpha value is -1.28. The van der Waals surface area contributed by atoms with E-state index >= 15 is 0 Å². The highest BCUT2D eigenvalue weighted by molar-refractivity contribution is 5.85. The predicted molar refractivity (Wildman–Crippen MR) is 91.1 cm³/mol. The third-order valence-electron chi connectivity index (χ3n) is 3.86. The van der Waals surface area contributed by atoms with Crippen molar-refractivity contribution in [3.8, 4) is 0 Å². The van der Waals surface area contributed by atoms with Gasteiger partial charge in [-0.2, -0.15) is 0 Å². The van der Waals surface area contributed by atoms with E-state index in [1.165, 1.54) is 22.1 Å². The highest BCUT2D eigenvalue weighted by Crippen LogP contribution is 2.31. The number of fused-ring (bicyclic) bond motifs is 1. The van der Waals surface area contributed by atoms with Crippen LogP contribution in [-0.2, 0) is 11.8 Å². The molecule has 0 unspecified atom stereocenters. The second-order valence-electron chi connectivity index (χ2n) is 8.11. The molecule has 2 aromatic rings. The van der Waals surface area contributed by atoms with E-state index in [1.54, 1.807) is 0 Å². The van der Waals surface area contributed by atoms with E-state index in [0.717, 1.165) is 18.5 Å². The molecule has 0 aliphatic rings. The molecule has 2 nitrogen and oxygen atoms in total. The lowest BCUT2D eigenvalue weighted by Crippen LogP contribution is -2.37. The van der Waals surface area contributed by atoms with Crippen LogP contribution in [0.5, 0.6) is 0 Å². The molecular weight excluding hydrogens is 258 g/mol. The van der Waals surface area contributed by atoms with Gasteiger partial charge in [0.05, 0.1) is 6.26 Å². The van der Waals surface area contributed by atoms with Gasteiger partial charge in [-0.15, -0.1) is 0 Å². The Morgan fingerprint density at radius 3 is 2.29 bits per heavy atom. The van der Waals surface area contributed by atoms with Crippen molar-refractivity contribution in [1.29, 1.82) is 0 Å². The Morgan fingerprint density at radius 1 is 1.05 bits per heavy atom. The first-order valence-corrected chi connectivity index (χ1v) is 7.84. The quantitative estimate of drug-likeness (QED) is 0.862. The molecule has 21 heavy (non-hydrogen) atoms. The average molecular weight is 287 g/mol. The first-order chi connectivity index (χ1) is 9.58. The van der Waals surface area contributed by atoms with Gasteiger partial charge in [-0.3, -0.25) is 0 Å². The minimum Gasteiger partial charge on any atom is -0.464 e. The zero-order chi connectivity index (χ0) is 15.8. The number of furan rings is 1. The number of aryl methyl sites for hydroxylation is 1. The summed E-state index contributed by atoms with van der Waals surface area (Å²) in [6, 6.07) is 4.56. The van der Waals surface area contributed by atoms with Crippen LogP contribution in [0.2, 0.25) is 0 Å². The van der Waals surface area contributed by atoms with Gasteiger partial charge in [-0.05, 0) is 68.8 Å². The minimum atomic E-state index is 0.159. The second-order valence-corrected chi connectivity index (χ2v) is 8.11. The molecule has 2 rings (SSSR count). The van der Waals surface area contributed by atoms with Crippen molar-refractivity contribution in [2.75, 3.05) is 6.54 Å². The van der Waals surface area contributed by atoms with Crippen molar-refractivity contribution in [2.24, 2.45) is 0 Å². The van der Waals surface area contributed by atoms with Crippen molar-refractivity contribution in [2.45, 2.75) is 65.8 Å². The molecule has 0 atom stereocenters. The normalized spacial score (nSPS) is 13.1. The number of benzene rings is 1. The van der Waals surface area contributed by atoms with Crippen LogP contribution in [0, 0.1) is 6.92 Å². The van der Waals surface area contributed by atoms with Gasteiger partial charge in [0.15, 0.2) is 0 Å². The third kappa shape index (κ3) is 3.88. The Bertz CT molecular complexity index is 623. The topological polar surface area (TPSA) is 25.2 Å². The molecule has 0 saturated carbocycles. The zero-order valence-electron chi connectivity index (χ0n) is 14.6. The van der Waals surface area contributed by atoms with Crippen LogP contribution in [0.25, 0.3) is 11.0 Å². The van der Waals surface area contributed by atoms with Crippen LogP contribution >= 0.6 is 0 Å². The van der Waals surface area contributed by atoms with E-state index in [9.17, 15) is 0 Å².